The third-order valence-corrected chi connectivity index (χ3v) is 5.29. The Morgan fingerprint density at radius 3 is 2.32 bits per heavy atom. The van der Waals surface area contributed by atoms with E-state index in [0.717, 1.165) is 12.5 Å². The van der Waals surface area contributed by atoms with Crippen LogP contribution in [0.25, 0.3) is 0 Å². The van der Waals surface area contributed by atoms with Crippen molar-refractivity contribution in [1.29, 1.82) is 0 Å². The van der Waals surface area contributed by atoms with E-state index in [2.05, 4.69) is 64.2 Å². The van der Waals surface area contributed by atoms with Gasteiger partial charge in [-0.15, -0.1) is 0 Å². The van der Waals surface area contributed by atoms with Crippen LogP contribution in [0.15, 0.2) is 24.3 Å². The van der Waals surface area contributed by atoms with Crippen LogP contribution in [0.4, 0.5) is 0 Å². The maximum absolute atomic E-state index is 3.77. The van der Waals surface area contributed by atoms with Gasteiger partial charge in [0, 0.05) is 6.04 Å². The van der Waals surface area contributed by atoms with Gasteiger partial charge in [-0.05, 0) is 49.1 Å². The highest BCUT2D eigenvalue weighted by Crippen LogP contribution is 2.58. The lowest BCUT2D eigenvalue weighted by atomic mass is 9.48. The first-order valence-corrected chi connectivity index (χ1v) is 7.84. The minimum absolute atomic E-state index is 0.407. The van der Waals surface area contributed by atoms with E-state index in [9.17, 15) is 0 Å². The van der Waals surface area contributed by atoms with Crippen LogP contribution in [0.2, 0.25) is 0 Å². The molecule has 1 aliphatic carbocycles. The zero-order valence-corrected chi connectivity index (χ0v) is 13.2. The fraction of sp³-hybridized carbons (Fsp3) is 0.667. The van der Waals surface area contributed by atoms with Crippen LogP contribution in [-0.4, -0.2) is 12.6 Å². The van der Waals surface area contributed by atoms with Crippen molar-refractivity contribution >= 4 is 0 Å². The third kappa shape index (κ3) is 2.45. The molecule has 1 saturated carbocycles. The summed E-state index contributed by atoms with van der Waals surface area (Å²) in [6, 6.07) is 9.85. The molecule has 0 amide bonds. The Hall–Kier alpha value is -0.820. The monoisotopic (exact) mass is 259 g/mol. The Balaban J connectivity index is 2.19. The minimum Gasteiger partial charge on any atom is -0.313 e. The van der Waals surface area contributed by atoms with Crippen LogP contribution in [-0.2, 0) is 0 Å². The number of aryl methyl sites for hydroxylation is 1. The van der Waals surface area contributed by atoms with Gasteiger partial charge in [0.1, 0.15) is 0 Å². The molecule has 0 spiro atoms. The van der Waals surface area contributed by atoms with E-state index in [1.807, 2.05) is 0 Å². The fourth-order valence-electron chi connectivity index (χ4n) is 4.09. The molecule has 2 rings (SSSR count). The van der Waals surface area contributed by atoms with Gasteiger partial charge in [-0.3, -0.25) is 0 Å². The molecule has 4 atom stereocenters. The second-order valence-corrected chi connectivity index (χ2v) is 6.54. The van der Waals surface area contributed by atoms with Crippen molar-refractivity contribution in [3.05, 3.63) is 35.4 Å². The van der Waals surface area contributed by atoms with Gasteiger partial charge in [0.25, 0.3) is 0 Å². The molecule has 1 N–H and O–H groups in total. The van der Waals surface area contributed by atoms with E-state index in [-0.39, 0.29) is 0 Å². The Bertz CT molecular complexity index is 408. The average Bonchev–Trinajstić information content (AvgIpc) is 2.41. The van der Waals surface area contributed by atoms with Gasteiger partial charge in [0.05, 0.1) is 0 Å². The molecule has 0 bridgehead atoms. The summed E-state index contributed by atoms with van der Waals surface area (Å²) in [6.07, 6.45) is 2.47. The highest BCUT2D eigenvalue weighted by atomic mass is 15.0. The number of hydrogen-bond donors (Lipinski definition) is 1. The molecule has 0 radical (unpaired) electrons. The molecular weight excluding hydrogens is 230 g/mol. The molecule has 0 aromatic heterocycles. The van der Waals surface area contributed by atoms with Crippen LogP contribution in [0, 0.1) is 18.3 Å². The van der Waals surface area contributed by atoms with Crippen molar-refractivity contribution in [3.63, 3.8) is 0 Å². The smallest absolute Gasteiger partial charge is 0.0158 e. The predicted octanol–water partition coefficient (Wildman–Crippen LogP) is 4.51. The highest BCUT2D eigenvalue weighted by Gasteiger charge is 2.55. The average molecular weight is 259 g/mol. The maximum Gasteiger partial charge on any atom is 0.0158 e. The van der Waals surface area contributed by atoms with E-state index in [4.69, 9.17) is 0 Å². The molecule has 1 fully saturated rings. The third-order valence-electron chi connectivity index (χ3n) is 5.29. The number of nitrogens with one attached hydrogen (secondary N) is 1. The van der Waals surface area contributed by atoms with Gasteiger partial charge in [0.15, 0.2) is 0 Å². The second kappa shape index (κ2) is 5.66. The van der Waals surface area contributed by atoms with E-state index in [1.165, 1.54) is 24.0 Å². The summed E-state index contributed by atoms with van der Waals surface area (Å²) in [5.41, 5.74) is 3.29. The first-order chi connectivity index (χ1) is 9.04. The van der Waals surface area contributed by atoms with Crippen LogP contribution < -0.4 is 5.32 Å². The summed E-state index contributed by atoms with van der Waals surface area (Å²) < 4.78 is 0. The SMILES string of the molecule is CCCNC1C(C)C(c2ccc(C)cc2)C1(C)CC. The Labute approximate surface area is 118 Å². The summed E-state index contributed by atoms with van der Waals surface area (Å²) >= 11 is 0. The molecule has 1 heteroatoms. The number of hydrogen-bond acceptors (Lipinski definition) is 1. The van der Waals surface area contributed by atoms with Crippen molar-refractivity contribution < 1.29 is 0 Å². The van der Waals surface area contributed by atoms with Gasteiger partial charge in [-0.25, -0.2) is 0 Å². The quantitative estimate of drug-likeness (QED) is 0.820. The van der Waals surface area contributed by atoms with E-state index in [0.29, 0.717) is 17.4 Å². The van der Waals surface area contributed by atoms with Gasteiger partial charge >= 0.3 is 0 Å². The molecule has 0 saturated heterocycles. The van der Waals surface area contributed by atoms with E-state index >= 15 is 0 Å². The Kier molecular flexibility index (Phi) is 4.35. The van der Waals surface area contributed by atoms with Crippen molar-refractivity contribution in [2.45, 2.75) is 59.4 Å². The molecule has 1 aromatic carbocycles. The van der Waals surface area contributed by atoms with E-state index in [1.54, 1.807) is 0 Å². The maximum atomic E-state index is 3.77. The van der Waals surface area contributed by atoms with Crippen LogP contribution in [0.5, 0.6) is 0 Å². The molecular formula is C18H29N. The van der Waals surface area contributed by atoms with Crippen molar-refractivity contribution in [2.75, 3.05) is 6.54 Å². The molecule has 1 nitrogen and oxygen atoms in total. The standard InChI is InChI=1S/C18H29N/c1-6-12-19-17-14(4)16(18(17,5)7-2)15-10-8-13(3)9-11-15/h8-11,14,16-17,19H,6-7,12H2,1-5H3. The van der Waals surface area contributed by atoms with Gasteiger partial charge in [0.2, 0.25) is 0 Å². The normalized spacial score (nSPS) is 34.1. The Morgan fingerprint density at radius 1 is 1.16 bits per heavy atom. The lowest BCUT2D eigenvalue weighted by molar-refractivity contribution is -0.0195. The summed E-state index contributed by atoms with van der Waals surface area (Å²) in [5.74, 6) is 1.44. The molecule has 0 heterocycles. The van der Waals surface area contributed by atoms with Crippen LogP contribution in [0.1, 0.15) is 57.6 Å². The number of benzene rings is 1. The highest BCUT2D eigenvalue weighted by molar-refractivity contribution is 5.32. The summed E-state index contributed by atoms with van der Waals surface area (Å²) in [5, 5.41) is 3.77. The molecule has 1 aliphatic rings. The molecule has 0 aliphatic heterocycles. The van der Waals surface area contributed by atoms with Gasteiger partial charge < -0.3 is 5.32 Å². The van der Waals surface area contributed by atoms with E-state index < -0.39 is 0 Å². The zero-order valence-electron chi connectivity index (χ0n) is 13.2. The van der Waals surface area contributed by atoms with Crippen molar-refractivity contribution in [2.24, 2.45) is 11.3 Å². The van der Waals surface area contributed by atoms with Gasteiger partial charge in [-0.1, -0.05) is 57.5 Å². The van der Waals surface area contributed by atoms with Crippen LogP contribution >= 0.6 is 0 Å². The number of rotatable bonds is 5. The van der Waals surface area contributed by atoms with Gasteiger partial charge in [-0.2, -0.15) is 0 Å². The Morgan fingerprint density at radius 2 is 1.79 bits per heavy atom. The molecule has 106 valence electrons. The van der Waals surface area contributed by atoms with Crippen LogP contribution in [0.3, 0.4) is 0 Å². The van der Waals surface area contributed by atoms with Crippen molar-refractivity contribution in [1.82, 2.24) is 5.32 Å². The lowest BCUT2D eigenvalue weighted by Crippen LogP contribution is -2.62. The largest absolute Gasteiger partial charge is 0.313 e. The second-order valence-electron chi connectivity index (χ2n) is 6.54. The topological polar surface area (TPSA) is 12.0 Å². The predicted molar refractivity (Wildman–Crippen MR) is 83.6 cm³/mol. The summed E-state index contributed by atoms with van der Waals surface area (Å²) in [7, 11) is 0. The summed E-state index contributed by atoms with van der Waals surface area (Å²) in [6.45, 7) is 12.8. The molecule has 4 unspecified atom stereocenters. The lowest BCUT2D eigenvalue weighted by Gasteiger charge is -2.60. The molecule has 19 heavy (non-hydrogen) atoms. The zero-order chi connectivity index (χ0) is 14.0. The first-order valence-electron chi connectivity index (χ1n) is 7.84. The first kappa shape index (κ1) is 14.6. The summed E-state index contributed by atoms with van der Waals surface area (Å²) in [4.78, 5) is 0. The van der Waals surface area contributed by atoms with Crippen molar-refractivity contribution in [3.8, 4) is 0 Å². The fourth-order valence-corrected chi connectivity index (χ4v) is 4.09. The molecule has 1 aromatic rings. The minimum atomic E-state index is 0.407.